The monoisotopic (exact) mass is 305 g/mol. The molecular formula is C18H19N5. The van der Waals surface area contributed by atoms with E-state index in [9.17, 15) is 0 Å². The molecule has 0 spiro atoms. The largest absolute Gasteiger partial charge is 0.371 e. The number of rotatable bonds is 3. The van der Waals surface area contributed by atoms with Gasteiger partial charge in [0.05, 0.1) is 5.52 Å². The van der Waals surface area contributed by atoms with Crippen LogP contribution in [0.2, 0.25) is 0 Å². The molecule has 0 amide bonds. The van der Waals surface area contributed by atoms with Crippen molar-refractivity contribution < 1.29 is 0 Å². The number of nitrogens with zero attached hydrogens (tertiary/aromatic N) is 4. The van der Waals surface area contributed by atoms with E-state index in [1.54, 1.807) is 12.5 Å². The molecule has 1 fully saturated rings. The standard InChI is InChI=1S/C18H19N5/c1-2-4-16-15(3-1)17(5-10-20-16)23-11-7-14(8-12-23)22-18-6-9-19-13-21-18/h1-6,9-10,13-14H,7-8,11-12H2,(H,19,21,22). The summed E-state index contributed by atoms with van der Waals surface area (Å²) in [5.74, 6) is 0.910. The van der Waals surface area contributed by atoms with Crippen molar-refractivity contribution in [3.8, 4) is 0 Å². The molecule has 2 aromatic heterocycles. The highest BCUT2D eigenvalue weighted by Crippen LogP contribution is 2.28. The molecule has 1 saturated heterocycles. The number of pyridine rings is 1. The van der Waals surface area contributed by atoms with Crippen molar-refractivity contribution in [1.29, 1.82) is 0 Å². The lowest BCUT2D eigenvalue weighted by atomic mass is 10.0. The van der Waals surface area contributed by atoms with Crippen LogP contribution in [0.5, 0.6) is 0 Å². The number of aromatic nitrogens is 3. The quantitative estimate of drug-likeness (QED) is 0.806. The van der Waals surface area contributed by atoms with Gasteiger partial charge in [0.1, 0.15) is 12.1 Å². The maximum atomic E-state index is 4.45. The average Bonchev–Trinajstić information content (AvgIpc) is 2.63. The number of para-hydroxylation sites is 1. The first-order valence-corrected chi connectivity index (χ1v) is 8.01. The van der Waals surface area contributed by atoms with E-state index >= 15 is 0 Å². The van der Waals surface area contributed by atoms with Gasteiger partial charge in [0.25, 0.3) is 0 Å². The van der Waals surface area contributed by atoms with Gasteiger partial charge < -0.3 is 10.2 Å². The van der Waals surface area contributed by atoms with Gasteiger partial charge >= 0.3 is 0 Å². The second kappa shape index (κ2) is 6.20. The Hall–Kier alpha value is -2.69. The molecule has 0 aliphatic carbocycles. The van der Waals surface area contributed by atoms with E-state index < -0.39 is 0 Å². The maximum absolute atomic E-state index is 4.45. The van der Waals surface area contributed by atoms with E-state index in [0.717, 1.165) is 37.3 Å². The maximum Gasteiger partial charge on any atom is 0.129 e. The Morgan fingerprint density at radius 2 is 1.83 bits per heavy atom. The third-order valence-electron chi connectivity index (χ3n) is 4.40. The zero-order chi connectivity index (χ0) is 15.5. The fraction of sp³-hybridized carbons (Fsp3) is 0.278. The Labute approximate surface area is 135 Å². The van der Waals surface area contributed by atoms with Crippen molar-refractivity contribution in [2.75, 3.05) is 23.3 Å². The molecule has 4 rings (SSSR count). The molecule has 5 nitrogen and oxygen atoms in total. The molecule has 5 heteroatoms. The first-order chi connectivity index (χ1) is 11.4. The topological polar surface area (TPSA) is 53.9 Å². The van der Waals surface area contributed by atoms with Crippen molar-refractivity contribution >= 4 is 22.4 Å². The summed E-state index contributed by atoms with van der Waals surface area (Å²) in [6.45, 7) is 2.08. The van der Waals surface area contributed by atoms with Crippen molar-refractivity contribution in [3.63, 3.8) is 0 Å². The van der Waals surface area contributed by atoms with Crippen LogP contribution in [0.3, 0.4) is 0 Å². The summed E-state index contributed by atoms with van der Waals surface area (Å²) in [6, 6.07) is 12.9. The van der Waals surface area contributed by atoms with Crippen LogP contribution in [-0.2, 0) is 0 Å². The number of nitrogens with one attached hydrogen (secondary N) is 1. The van der Waals surface area contributed by atoms with Gasteiger partial charge in [-0.05, 0) is 31.0 Å². The zero-order valence-electron chi connectivity index (χ0n) is 12.9. The lowest BCUT2D eigenvalue weighted by molar-refractivity contribution is 0.526. The van der Waals surface area contributed by atoms with E-state index in [0.29, 0.717) is 6.04 Å². The number of hydrogen-bond acceptors (Lipinski definition) is 5. The molecule has 116 valence electrons. The van der Waals surface area contributed by atoms with Gasteiger partial charge in [-0.2, -0.15) is 0 Å². The second-order valence-electron chi connectivity index (χ2n) is 5.85. The Morgan fingerprint density at radius 3 is 2.65 bits per heavy atom. The summed E-state index contributed by atoms with van der Waals surface area (Å²) in [6.07, 6.45) is 7.46. The third kappa shape index (κ3) is 2.95. The van der Waals surface area contributed by atoms with E-state index in [2.05, 4.69) is 49.4 Å². The van der Waals surface area contributed by atoms with Crippen LogP contribution in [0.15, 0.2) is 55.1 Å². The summed E-state index contributed by atoms with van der Waals surface area (Å²) < 4.78 is 0. The summed E-state index contributed by atoms with van der Waals surface area (Å²) >= 11 is 0. The van der Waals surface area contributed by atoms with Gasteiger partial charge in [-0.1, -0.05) is 18.2 Å². The number of fused-ring (bicyclic) bond motifs is 1. The summed E-state index contributed by atoms with van der Waals surface area (Å²) in [4.78, 5) is 15.1. The van der Waals surface area contributed by atoms with Gasteiger partial charge in [0, 0.05) is 42.6 Å². The molecule has 23 heavy (non-hydrogen) atoms. The number of anilines is 2. The number of piperidine rings is 1. The van der Waals surface area contributed by atoms with Gasteiger partial charge in [-0.3, -0.25) is 4.98 Å². The molecule has 1 aliphatic rings. The van der Waals surface area contributed by atoms with Crippen LogP contribution in [0.4, 0.5) is 11.5 Å². The van der Waals surface area contributed by atoms with E-state index in [1.807, 2.05) is 18.3 Å². The minimum absolute atomic E-state index is 0.467. The van der Waals surface area contributed by atoms with Gasteiger partial charge in [0.15, 0.2) is 0 Å². The summed E-state index contributed by atoms with van der Waals surface area (Å²) in [7, 11) is 0. The molecule has 0 saturated carbocycles. The highest BCUT2D eigenvalue weighted by Gasteiger charge is 2.20. The van der Waals surface area contributed by atoms with Crippen LogP contribution in [0, 0.1) is 0 Å². The average molecular weight is 305 g/mol. The SMILES string of the molecule is c1ccc2c(N3CCC(Nc4ccncn4)CC3)ccnc2c1. The van der Waals surface area contributed by atoms with Gasteiger partial charge in [0.2, 0.25) is 0 Å². The fourth-order valence-corrected chi connectivity index (χ4v) is 3.21. The van der Waals surface area contributed by atoms with Crippen molar-refractivity contribution in [2.24, 2.45) is 0 Å². The molecule has 3 heterocycles. The number of benzene rings is 1. The van der Waals surface area contributed by atoms with Crippen molar-refractivity contribution in [1.82, 2.24) is 15.0 Å². The van der Waals surface area contributed by atoms with Crippen LogP contribution < -0.4 is 10.2 Å². The molecule has 0 bridgehead atoms. The smallest absolute Gasteiger partial charge is 0.129 e. The minimum Gasteiger partial charge on any atom is -0.371 e. The van der Waals surface area contributed by atoms with Crippen molar-refractivity contribution in [2.45, 2.75) is 18.9 Å². The fourth-order valence-electron chi connectivity index (χ4n) is 3.21. The first kappa shape index (κ1) is 13.9. The van der Waals surface area contributed by atoms with Crippen LogP contribution in [0.1, 0.15) is 12.8 Å². The predicted molar refractivity (Wildman–Crippen MR) is 92.6 cm³/mol. The van der Waals surface area contributed by atoms with E-state index in [-0.39, 0.29) is 0 Å². The molecule has 1 N–H and O–H groups in total. The van der Waals surface area contributed by atoms with E-state index in [4.69, 9.17) is 0 Å². The zero-order valence-corrected chi connectivity index (χ0v) is 12.9. The lowest BCUT2D eigenvalue weighted by Gasteiger charge is -2.34. The Morgan fingerprint density at radius 1 is 0.957 bits per heavy atom. The Bertz CT molecular complexity index is 776. The third-order valence-corrected chi connectivity index (χ3v) is 4.40. The predicted octanol–water partition coefficient (Wildman–Crippen LogP) is 3.11. The number of hydrogen-bond donors (Lipinski definition) is 1. The van der Waals surface area contributed by atoms with Crippen LogP contribution in [-0.4, -0.2) is 34.1 Å². The van der Waals surface area contributed by atoms with Gasteiger partial charge in [-0.15, -0.1) is 0 Å². The highest BCUT2D eigenvalue weighted by atomic mass is 15.2. The molecule has 3 aromatic rings. The molecule has 0 unspecified atom stereocenters. The Kier molecular flexibility index (Phi) is 3.76. The lowest BCUT2D eigenvalue weighted by Crippen LogP contribution is -2.39. The molecule has 0 radical (unpaired) electrons. The normalized spacial score (nSPS) is 15.7. The highest BCUT2D eigenvalue weighted by molar-refractivity contribution is 5.91. The van der Waals surface area contributed by atoms with Crippen LogP contribution in [0.25, 0.3) is 10.9 Å². The summed E-state index contributed by atoms with van der Waals surface area (Å²) in [5.41, 5.74) is 2.35. The first-order valence-electron chi connectivity index (χ1n) is 8.01. The molecule has 0 atom stereocenters. The molecule has 1 aromatic carbocycles. The minimum atomic E-state index is 0.467. The van der Waals surface area contributed by atoms with Crippen LogP contribution >= 0.6 is 0 Å². The molecular weight excluding hydrogens is 286 g/mol. The Balaban J connectivity index is 1.47. The van der Waals surface area contributed by atoms with E-state index in [1.165, 1.54) is 11.1 Å². The van der Waals surface area contributed by atoms with Crippen molar-refractivity contribution in [3.05, 3.63) is 55.1 Å². The second-order valence-corrected chi connectivity index (χ2v) is 5.85. The summed E-state index contributed by atoms with van der Waals surface area (Å²) in [5, 5.41) is 4.73. The molecule has 1 aliphatic heterocycles. The van der Waals surface area contributed by atoms with Gasteiger partial charge in [-0.25, -0.2) is 9.97 Å².